The van der Waals surface area contributed by atoms with Crippen LogP contribution in [-0.2, 0) is 20.9 Å². The van der Waals surface area contributed by atoms with Crippen molar-refractivity contribution in [2.75, 3.05) is 18.1 Å². The molecule has 2 amide bonds. The van der Waals surface area contributed by atoms with Crippen molar-refractivity contribution < 1.29 is 14.3 Å². The summed E-state index contributed by atoms with van der Waals surface area (Å²) in [4.78, 5) is 29.1. The number of carbonyl (C=O) groups is 2. The van der Waals surface area contributed by atoms with E-state index in [2.05, 4.69) is 36.5 Å². The Morgan fingerprint density at radius 3 is 2.73 bits per heavy atom. The minimum atomic E-state index is -0.449. The van der Waals surface area contributed by atoms with Crippen LogP contribution in [0.4, 0.5) is 5.69 Å². The molecule has 6 heteroatoms. The van der Waals surface area contributed by atoms with E-state index in [1.54, 1.807) is 0 Å². The van der Waals surface area contributed by atoms with Gasteiger partial charge in [-0.2, -0.15) is 0 Å². The number of fused-ring (bicyclic) bond motifs is 1. The van der Waals surface area contributed by atoms with Crippen LogP contribution in [-0.4, -0.2) is 36.3 Å². The average molecular weight is 425 g/mol. The Bertz CT molecular complexity index is 909. The highest BCUT2D eigenvalue weighted by atomic mass is 32.2. The number of hydrogen-bond donors (Lipinski definition) is 1. The summed E-state index contributed by atoms with van der Waals surface area (Å²) in [5.41, 5.74) is 3.18. The zero-order valence-corrected chi connectivity index (χ0v) is 18.3. The molecule has 0 saturated carbocycles. The van der Waals surface area contributed by atoms with E-state index in [9.17, 15) is 9.59 Å². The van der Waals surface area contributed by atoms with Gasteiger partial charge in [-0.25, -0.2) is 0 Å². The molecular weight excluding hydrogens is 396 g/mol. The number of aryl methyl sites for hydroxylation is 1. The van der Waals surface area contributed by atoms with Gasteiger partial charge in [-0.05, 0) is 37.5 Å². The van der Waals surface area contributed by atoms with Gasteiger partial charge in [0.15, 0.2) is 0 Å². The van der Waals surface area contributed by atoms with Crippen molar-refractivity contribution in [3.63, 3.8) is 0 Å². The van der Waals surface area contributed by atoms with E-state index in [-0.39, 0.29) is 17.9 Å². The topological polar surface area (TPSA) is 58.6 Å². The minimum Gasteiger partial charge on any atom is -0.376 e. The first kappa shape index (κ1) is 20.9. The molecule has 0 aliphatic carbocycles. The van der Waals surface area contributed by atoms with Crippen LogP contribution in [0.1, 0.15) is 30.9 Å². The summed E-state index contributed by atoms with van der Waals surface area (Å²) in [7, 11) is 0. The van der Waals surface area contributed by atoms with Crippen LogP contribution in [0.2, 0.25) is 0 Å². The van der Waals surface area contributed by atoms with Gasteiger partial charge in [0.25, 0.3) is 0 Å². The van der Waals surface area contributed by atoms with Crippen LogP contribution in [0, 0.1) is 12.8 Å². The monoisotopic (exact) mass is 424 g/mol. The lowest BCUT2D eigenvalue weighted by Gasteiger charge is -2.36. The van der Waals surface area contributed by atoms with E-state index in [0.717, 1.165) is 35.6 Å². The normalized spacial score (nSPS) is 21.9. The fraction of sp³-hybridized carbons (Fsp3) is 0.417. The Morgan fingerprint density at radius 2 is 2.00 bits per heavy atom. The second kappa shape index (κ2) is 9.23. The van der Waals surface area contributed by atoms with E-state index < -0.39 is 11.2 Å². The summed E-state index contributed by atoms with van der Waals surface area (Å²) in [5, 5.41) is 2.54. The molecule has 0 bridgehead atoms. The van der Waals surface area contributed by atoms with Gasteiger partial charge in [-0.15, -0.1) is 11.8 Å². The van der Waals surface area contributed by atoms with Gasteiger partial charge >= 0.3 is 0 Å². The average Bonchev–Trinajstić information content (AvgIpc) is 3.28. The fourth-order valence-corrected chi connectivity index (χ4v) is 5.20. The highest BCUT2D eigenvalue weighted by Gasteiger charge is 2.39. The van der Waals surface area contributed by atoms with Crippen LogP contribution < -0.4 is 10.2 Å². The quantitative estimate of drug-likeness (QED) is 0.763. The molecule has 4 rings (SSSR count). The number of benzene rings is 2. The molecule has 1 N–H and O–H groups in total. The van der Waals surface area contributed by atoms with E-state index in [1.807, 2.05) is 36.1 Å². The molecule has 2 aromatic carbocycles. The molecule has 2 aromatic rings. The number of para-hydroxylation sites is 1. The predicted molar refractivity (Wildman–Crippen MR) is 120 cm³/mol. The largest absolute Gasteiger partial charge is 0.376 e. The molecule has 0 radical (unpaired) electrons. The van der Waals surface area contributed by atoms with Crippen molar-refractivity contribution in [3.8, 4) is 0 Å². The Kier molecular flexibility index (Phi) is 6.44. The van der Waals surface area contributed by atoms with Crippen molar-refractivity contribution in [3.05, 3.63) is 59.7 Å². The predicted octanol–water partition coefficient (Wildman–Crippen LogP) is 3.93. The molecular formula is C24H28N2O3S. The SMILES string of the molecule is Cc1ccc(CN2C(=O)[C@H]([C@H](C)C(=O)NC[C@@H]3CCCO3)Sc3ccccc32)cc1. The first-order valence-corrected chi connectivity index (χ1v) is 11.4. The molecule has 2 aliphatic heterocycles. The number of rotatable bonds is 6. The summed E-state index contributed by atoms with van der Waals surface area (Å²) in [6.45, 7) is 5.67. The summed E-state index contributed by atoms with van der Waals surface area (Å²) < 4.78 is 5.59. The summed E-state index contributed by atoms with van der Waals surface area (Å²) in [6.07, 6.45) is 2.11. The summed E-state index contributed by atoms with van der Waals surface area (Å²) in [5.74, 6) is -0.539. The molecule has 3 atom stereocenters. The number of hydrogen-bond acceptors (Lipinski definition) is 4. The van der Waals surface area contributed by atoms with Crippen molar-refractivity contribution in [2.24, 2.45) is 5.92 Å². The number of carbonyl (C=O) groups excluding carboxylic acids is 2. The van der Waals surface area contributed by atoms with E-state index in [4.69, 9.17) is 4.74 Å². The first-order valence-electron chi connectivity index (χ1n) is 10.5. The number of anilines is 1. The Balaban J connectivity index is 1.51. The molecule has 2 heterocycles. The van der Waals surface area contributed by atoms with Crippen LogP contribution in [0.25, 0.3) is 0 Å². The van der Waals surface area contributed by atoms with Crippen LogP contribution in [0.15, 0.2) is 53.4 Å². The highest BCUT2D eigenvalue weighted by molar-refractivity contribution is 8.01. The number of amides is 2. The van der Waals surface area contributed by atoms with Crippen molar-refractivity contribution in [2.45, 2.75) is 49.5 Å². The highest BCUT2D eigenvalue weighted by Crippen LogP contribution is 2.42. The van der Waals surface area contributed by atoms with Gasteiger partial charge in [0, 0.05) is 18.0 Å². The molecule has 158 valence electrons. The maximum Gasteiger partial charge on any atom is 0.241 e. The Labute approximate surface area is 182 Å². The third kappa shape index (κ3) is 4.55. The van der Waals surface area contributed by atoms with Crippen LogP contribution in [0.5, 0.6) is 0 Å². The minimum absolute atomic E-state index is 0.0148. The van der Waals surface area contributed by atoms with Crippen LogP contribution in [0.3, 0.4) is 0 Å². The zero-order chi connectivity index (χ0) is 21.1. The first-order chi connectivity index (χ1) is 14.5. The number of thioether (sulfide) groups is 1. The van der Waals surface area contributed by atoms with Gasteiger partial charge in [0.2, 0.25) is 11.8 Å². The van der Waals surface area contributed by atoms with E-state index >= 15 is 0 Å². The van der Waals surface area contributed by atoms with Gasteiger partial charge in [-0.3, -0.25) is 9.59 Å². The van der Waals surface area contributed by atoms with Gasteiger partial charge in [0.05, 0.1) is 24.3 Å². The number of ether oxygens (including phenoxy) is 1. The third-order valence-corrected chi connectivity index (χ3v) is 7.24. The van der Waals surface area contributed by atoms with Crippen LogP contribution >= 0.6 is 11.8 Å². The zero-order valence-electron chi connectivity index (χ0n) is 17.5. The van der Waals surface area contributed by atoms with Gasteiger partial charge in [-0.1, -0.05) is 48.9 Å². The second-order valence-corrected chi connectivity index (χ2v) is 9.27. The van der Waals surface area contributed by atoms with Gasteiger partial charge in [0.1, 0.15) is 5.25 Å². The van der Waals surface area contributed by atoms with Crippen molar-refractivity contribution in [1.29, 1.82) is 0 Å². The van der Waals surface area contributed by atoms with Crippen molar-refractivity contribution >= 4 is 29.3 Å². The van der Waals surface area contributed by atoms with E-state index in [0.29, 0.717) is 13.1 Å². The maximum absolute atomic E-state index is 13.5. The molecule has 2 aliphatic rings. The lowest BCUT2D eigenvalue weighted by atomic mass is 10.0. The number of nitrogens with zero attached hydrogens (tertiary/aromatic N) is 1. The lowest BCUT2D eigenvalue weighted by Crippen LogP contribution is -2.48. The standard InChI is InChI=1S/C24H28N2O3S/c1-16-9-11-18(12-10-16)15-26-20-7-3-4-8-21(20)30-22(24(26)28)17(2)23(27)25-14-19-6-5-13-29-19/h3-4,7-12,17,19,22H,5-6,13-15H2,1-2H3,(H,25,27)/t17-,19-,22-/m0/s1. The molecule has 30 heavy (non-hydrogen) atoms. The number of nitrogens with one attached hydrogen (secondary N) is 1. The molecule has 0 aromatic heterocycles. The smallest absolute Gasteiger partial charge is 0.241 e. The molecule has 0 unspecified atom stereocenters. The maximum atomic E-state index is 13.5. The van der Waals surface area contributed by atoms with E-state index in [1.165, 1.54) is 17.3 Å². The second-order valence-electron chi connectivity index (χ2n) is 8.09. The molecule has 0 spiro atoms. The summed E-state index contributed by atoms with van der Waals surface area (Å²) >= 11 is 1.49. The lowest BCUT2D eigenvalue weighted by molar-refractivity contribution is -0.128. The molecule has 1 fully saturated rings. The Morgan fingerprint density at radius 1 is 1.23 bits per heavy atom. The summed E-state index contributed by atoms with van der Waals surface area (Å²) in [6, 6.07) is 16.2. The Hall–Kier alpha value is -2.31. The van der Waals surface area contributed by atoms with Gasteiger partial charge < -0.3 is 15.0 Å². The fourth-order valence-electron chi connectivity index (χ4n) is 3.91. The van der Waals surface area contributed by atoms with Crippen molar-refractivity contribution in [1.82, 2.24) is 5.32 Å². The molecule has 1 saturated heterocycles. The molecule has 5 nitrogen and oxygen atoms in total. The third-order valence-electron chi connectivity index (χ3n) is 5.78.